The maximum absolute atomic E-state index is 6.03. The summed E-state index contributed by atoms with van der Waals surface area (Å²) in [4.78, 5) is 0. The van der Waals surface area contributed by atoms with E-state index in [0.29, 0.717) is 0 Å². The third kappa shape index (κ3) is 3.40. The lowest BCUT2D eigenvalue weighted by molar-refractivity contribution is 0.684. The summed E-state index contributed by atoms with van der Waals surface area (Å²) in [5, 5.41) is 4.14. The Morgan fingerprint density at radius 1 is 1.05 bits per heavy atom. The first kappa shape index (κ1) is 15.0. The predicted octanol–water partition coefficient (Wildman–Crippen LogP) is 5.48. The van der Waals surface area contributed by atoms with E-state index in [-0.39, 0.29) is 6.04 Å². The van der Waals surface area contributed by atoms with Crippen LogP contribution >= 0.6 is 43.5 Å². The number of hydrogen-bond donors (Lipinski definition) is 1. The molecule has 19 heavy (non-hydrogen) atoms. The summed E-state index contributed by atoms with van der Waals surface area (Å²) in [6.07, 6.45) is 0. The Kier molecular flexibility index (Phi) is 5.07. The first-order valence-electron chi connectivity index (χ1n) is 5.91. The third-order valence-electron chi connectivity index (χ3n) is 3.10. The summed E-state index contributed by atoms with van der Waals surface area (Å²) in [5.74, 6) is 0. The fraction of sp³-hybridized carbons (Fsp3) is 0.200. The molecule has 0 aliphatic heterocycles. The van der Waals surface area contributed by atoms with E-state index in [1.807, 2.05) is 25.2 Å². The van der Waals surface area contributed by atoms with Gasteiger partial charge in [-0.2, -0.15) is 0 Å². The van der Waals surface area contributed by atoms with Crippen LogP contribution in [-0.4, -0.2) is 7.05 Å². The predicted molar refractivity (Wildman–Crippen MR) is 88.9 cm³/mol. The summed E-state index contributed by atoms with van der Waals surface area (Å²) in [6.45, 7) is 2.08. The summed E-state index contributed by atoms with van der Waals surface area (Å²) < 4.78 is 2.15. The van der Waals surface area contributed by atoms with Gasteiger partial charge >= 0.3 is 0 Å². The highest BCUT2D eigenvalue weighted by molar-refractivity contribution is 9.11. The van der Waals surface area contributed by atoms with Crippen LogP contribution in [0, 0.1) is 6.92 Å². The molecule has 0 saturated carbocycles. The normalized spacial score (nSPS) is 12.5. The Bertz CT molecular complexity index is 599. The molecule has 1 N–H and O–H groups in total. The lowest BCUT2D eigenvalue weighted by Gasteiger charge is -2.21. The van der Waals surface area contributed by atoms with E-state index in [4.69, 9.17) is 11.6 Å². The van der Waals surface area contributed by atoms with Crippen LogP contribution in [-0.2, 0) is 0 Å². The van der Waals surface area contributed by atoms with Gasteiger partial charge in [-0.15, -0.1) is 0 Å². The zero-order valence-electron chi connectivity index (χ0n) is 10.7. The van der Waals surface area contributed by atoms with Gasteiger partial charge in [0.1, 0.15) is 0 Å². The van der Waals surface area contributed by atoms with Crippen LogP contribution in [0.5, 0.6) is 0 Å². The topological polar surface area (TPSA) is 12.0 Å². The molecule has 0 bridgehead atoms. The van der Waals surface area contributed by atoms with Gasteiger partial charge in [-0.1, -0.05) is 49.5 Å². The Hall–Kier alpha value is -0.350. The van der Waals surface area contributed by atoms with Gasteiger partial charge in [0.2, 0.25) is 0 Å². The van der Waals surface area contributed by atoms with Crippen molar-refractivity contribution >= 4 is 43.5 Å². The van der Waals surface area contributed by atoms with Crippen LogP contribution in [0.15, 0.2) is 45.3 Å². The van der Waals surface area contributed by atoms with Gasteiger partial charge in [-0.3, -0.25) is 0 Å². The molecule has 0 amide bonds. The van der Waals surface area contributed by atoms with E-state index < -0.39 is 0 Å². The van der Waals surface area contributed by atoms with Crippen LogP contribution < -0.4 is 5.32 Å². The molecule has 0 spiro atoms. The Morgan fingerprint density at radius 2 is 1.79 bits per heavy atom. The number of halogens is 3. The number of benzene rings is 2. The molecule has 0 radical (unpaired) electrons. The quantitative estimate of drug-likeness (QED) is 0.715. The Morgan fingerprint density at radius 3 is 2.42 bits per heavy atom. The Labute approximate surface area is 135 Å². The molecule has 4 heteroatoms. The zero-order valence-corrected chi connectivity index (χ0v) is 14.6. The van der Waals surface area contributed by atoms with Crippen LogP contribution in [0.25, 0.3) is 0 Å². The molecule has 1 unspecified atom stereocenters. The minimum atomic E-state index is 0.129. The maximum atomic E-state index is 6.03. The first-order chi connectivity index (χ1) is 9.02. The largest absolute Gasteiger partial charge is 0.309 e. The number of nitrogens with one attached hydrogen (secondary N) is 1. The van der Waals surface area contributed by atoms with Crippen molar-refractivity contribution in [2.75, 3.05) is 7.05 Å². The molecule has 0 aliphatic rings. The molecule has 0 saturated heterocycles. The van der Waals surface area contributed by atoms with Crippen molar-refractivity contribution in [1.82, 2.24) is 5.32 Å². The summed E-state index contributed by atoms with van der Waals surface area (Å²) in [7, 11) is 1.96. The SMILES string of the molecule is CNC(c1ccc(Cl)cc1C)c1cc(Br)ccc1Br. The number of aryl methyl sites for hydroxylation is 1. The van der Waals surface area contributed by atoms with E-state index in [2.05, 4.69) is 62.3 Å². The summed E-state index contributed by atoms with van der Waals surface area (Å²) in [6, 6.07) is 12.3. The van der Waals surface area contributed by atoms with Gasteiger partial charge in [-0.25, -0.2) is 0 Å². The fourth-order valence-electron chi connectivity index (χ4n) is 2.18. The Balaban J connectivity index is 2.52. The minimum absolute atomic E-state index is 0.129. The van der Waals surface area contributed by atoms with Crippen molar-refractivity contribution in [2.45, 2.75) is 13.0 Å². The van der Waals surface area contributed by atoms with Gasteiger partial charge in [0, 0.05) is 14.0 Å². The highest BCUT2D eigenvalue weighted by Crippen LogP contribution is 2.33. The second kappa shape index (κ2) is 6.40. The van der Waals surface area contributed by atoms with Gasteiger partial charge in [0.05, 0.1) is 6.04 Å². The zero-order chi connectivity index (χ0) is 14.0. The highest BCUT2D eigenvalue weighted by Gasteiger charge is 2.17. The van der Waals surface area contributed by atoms with E-state index in [1.54, 1.807) is 0 Å². The van der Waals surface area contributed by atoms with E-state index in [0.717, 1.165) is 14.0 Å². The van der Waals surface area contributed by atoms with Crippen molar-refractivity contribution < 1.29 is 0 Å². The second-order valence-corrected chi connectivity index (χ2v) is 6.59. The van der Waals surface area contributed by atoms with Gasteiger partial charge in [0.15, 0.2) is 0 Å². The lowest BCUT2D eigenvalue weighted by atomic mass is 9.95. The van der Waals surface area contributed by atoms with Crippen molar-refractivity contribution in [1.29, 1.82) is 0 Å². The lowest BCUT2D eigenvalue weighted by Crippen LogP contribution is -2.19. The molecule has 0 heterocycles. The van der Waals surface area contributed by atoms with Crippen molar-refractivity contribution in [2.24, 2.45) is 0 Å². The van der Waals surface area contributed by atoms with E-state index in [1.165, 1.54) is 16.7 Å². The average Bonchev–Trinajstić information content (AvgIpc) is 2.36. The second-order valence-electron chi connectivity index (χ2n) is 4.39. The standard InChI is InChI=1S/C15H14Br2ClN/c1-9-7-11(18)4-5-12(9)15(19-2)13-8-10(16)3-6-14(13)17/h3-8,15,19H,1-2H3. The summed E-state index contributed by atoms with van der Waals surface area (Å²) in [5.41, 5.74) is 3.60. The molecular formula is C15H14Br2ClN. The van der Waals surface area contributed by atoms with Crippen LogP contribution in [0.1, 0.15) is 22.7 Å². The van der Waals surface area contributed by atoms with Crippen molar-refractivity contribution in [3.63, 3.8) is 0 Å². The molecule has 0 fully saturated rings. The maximum Gasteiger partial charge on any atom is 0.0588 e. The molecule has 1 atom stereocenters. The summed E-state index contributed by atoms with van der Waals surface area (Å²) >= 11 is 13.2. The molecule has 1 nitrogen and oxygen atoms in total. The van der Waals surface area contributed by atoms with Crippen LogP contribution in [0.4, 0.5) is 0 Å². The van der Waals surface area contributed by atoms with Gasteiger partial charge in [0.25, 0.3) is 0 Å². The average molecular weight is 404 g/mol. The molecular weight excluding hydrogens is 389 g/mol. The van der Waals surface area contributed by atoms with Crippen LogP contribution in [0.2, 0.25) is 5.02 Å². The number of hydrogen-bond acceptors (Lipinski definition) is 1. The highest BCUT2D eigenvalue weighted by atomic mass is 79.9. The monoisotopic (exact) mass is 401 g/mol. The van der Waals surface area contributed by atoms with Gasteiger partial charge in [-0.05, 0) is 61.0 Å². The van der Waals surface area contributed by atoms with Gasteiger partial charge < -0.3 is 5.32 Å². The smallest absolute Gasteiger partial charge is 0.0588 e. The van der Waals surface area contributed by atoms with E-state index >= 15 is 0 Å². The minimum Gasteiger partial charge on any atom is -0.309 e. The molecule has 2 aromatic carbocycles. The number of rotatable bonds is 3. The molecule has 100 valence electrons. The van der Waals surface area contributed by atoms with Crippen molar-refractivity contribution in [3.8, 4) is 0 Å². The molecule has 2 aromatic rings. The fourth-order valence-corrected chi connectivity index (χ4v) is 3.26. The molecule has 0 aromatic heterocycles. The third-order valence-corrected chi connectivity index (χ3v) is 4.55. The molecule has 0 aliphatic carbocycles. The molecule has 2 rings (SSSR count). The first-order valence-corrected chi connectivity index (χ1v) is 7.87. The van der Waals surface area contributed by atoms with E-state index in [9.17, 15) is 0 Å². The van der Waals surface area contributed by atoms with Crippen LogP contribution in [0.3, 0.4) is 0 Å². The van der Waals surface area contributed by atoms with Crippen molar-refractivity contribution in [3.05, 3.63) is 67.1 Å².